The summed E-state index contributed by atoms with van der Waals surface area (Å²) in [4.78, 5) is 17.1. The van der Waals surface area contributed by atoms with Crippen LogP contribution < -0.4 is 5.56 Å². The molecule has 0 bridgehead atoms. The zero-order valence-corrected chi connectivity index (χ0v) is 12.7. The summed E-state index contributed by atoms with van der Waals surface area (Å²) < 4.78 is 3.14. The molecule has 2 aromatic heterocycles. The van der Waals surface area contributed by atoms with Gasteiger partial charge < -0.3 is 0 Å². The number of hydrogen-bond donors (Lipinski definition) is 0. The van der Waals surface area contributed by atoms with Crippen molar-refractivity contribution >= 4 is 22.6 Å². The first kappa shape index (κ1) is 13.7. The highest BCUT2D eigenvalue weighted by atomic mass is 35.5. The lowest BCUT2D eigenvalue weighted by atomic mass is 10.3. The molecule has 0 fully saturated rings. The number of rotatable bonds is 2. The van der Waals surface area contributed by atoms with Gasteiger partial charge in [0.05, 0.1) is 17.6 Å². The Morgan fingerprint density at radius 2 is 1.65 bits per heavy atom. The van der Waals surface area contributed by atoms with Crippen molar-refractivity contribution in [2.45, 2.75) is 0 Å². The first-order chi connectivity index (χ1) is 11.2. The van der Waals surface area contributed by atoms with Crippen LogP contribution in [0.4, 0.5) is 0 Å². The van der Waals surface area contributed by atoms with E-state index in [1.807, 2.05) is 30.3 Å². The van der Waals surface area contributed by atoms with E-state index >= 15 is 0 Å². The van der Waals surface area contributed by atoms with Gasteiger partial charge in [0, 0.05) is 5.02 Å². The van der Waals surface area contributed by atoms with Crippen LogP contribution in [0.25, 0.3) is 22.4 Å². The molecular weight excluding hydrogens is 312 g/mol. The molecule has 112 valence electrons. The minimum Gasteiger partial charge on any atom is -0.268 e. The Hall–Kier alpha value is -2.92. The summed E-state index contributed by atoms with van der Waals surface area (Å²) in [5, 5.41) is 5.38. The SMILES string of the molecule is O=c1c2cnn(-c3ccccc3)c2ncn1-c1ccc(Cl)cc1. The van der Waals surface area contributed by atoms with Crippen LogP contribution in [-0.2, 0) is 0 Å². The lowest BCUT2D eigenvalue weighted by Gasteiger charge is -2.06. The van der Waals surface area contributed by atoms with Crippen LogP contribution in [0.15, 0.2) is 71.9 Å². The fourth-order valence-electron chi connectivity index (χ4n) is 2.46. The van der Waals surface area contributed by atoms with Gasteiger partial charge in [-0.05, 0) is 36.4 Å². The second-order valence-corrected chi connectivity index (χ2v) is 5.46. The average molecular weight is 323 g/mol. The van der Waals surface area contributed by atoms with Crippen molar-refractivity contribution in [1.29, 1.82) is 0 Å². The maximum absolute atomic E-state index is 12.7. The summed E-state index contributed by atoms with van der Waals surface area (Å²) in [6.45, 7) is 0. The largest absolute Gasteiger partial charge is 0.269 e. The van der Waals surface area contributed by atoms with Crippen LogP contribution in [0.3, 0.4) is 0 Å². The third-order valence-electron chi connectivity index (χ3n) is 3.59. The van der Waals surface area contributed by atoms with Crippen LogP contribution in [0.2, 0.25) is 5.02 Å². The summed E-state index contributed by atoms with van der Waals surface area (Å²) in [5.74, 6) is 0. The quantitative estimate of drug-likeness (QED) is 0.569. The van der Waals surface area contributed by atoms with Crippen LogP contribution in [0.5, 0.6) is 0 Å². The van der Waals surface area contributed by atoms with Crippen molar-refractivity contribution in [2.24, 2.45) is 0 Å². The smallest absolute Gasteiger partial charge is 0.268 e. The van der Waals surface area contributed by atoms with Crippen LogP contribution in [0.1, 0.15) is 0 Å². The van der Waals surface area contributed by atoms with Crippen molar-refractivity contribution in [1.82, 2.24) is 19.3 Å². The maximum atomic E-state index is 12.7. The Morgan fingerprint density at radius 3 is 2.39 bits per heavy atom. The van der Waals surface area contributed by atoms with E-state index in [9.17, 15) is 4.79 Å². The summed E-state index contributed by atoms with van der Waals surface area (Å²) >= 11 is 5.89. The van der Waals surface area contributed by atoms with Gasteiger partial charge in [-0.1, -0.05) is 29.8 Å². The van der Waals surface area contributed by atoms with Crippen molar-refractivity contribution in [3.05, 3.63) is 82.5 Å². The molecule has 5 nitrogen and oxygen atoms in total. The van der Waals surface area contributed by atoms with E-state index in [0.29, 0.717) is 21.7 Å². The minimum atomic E-state index is -0.167. The number of halogens is 1. The van der Waals surface area contributed by atoms with Gasteiger partial charge in [-0.3, -0.25) is 9.36 Å². The Balaban J connectivity index is 1.91. The molecule has 0 aliphatic carbocycles. The molecule has 4 aromatic rings. The molecule has 0 aliphatic heterocycles. The number of nitrogens with zero attached hydrogens (tertiary/aromatic N) is 4. The van der Waals surface area contributed by atoms with E-state index in [0.717, 1.165) is 5.69 Å². The molecule has 0 radical (unpaired) electrons. The predicted molar refractivity (Wildman–Crippen MR) is 89.5 cm³/mol. The molecule has 2 heterocycles. The number of benzene rings is 2. The highest BCUT2D eigenvalue weighted by Crippen LogP contribution is 2.15. The van der Waals surface area contributed by atoms with Crippen LogP contribution in [0, 0.1) is 0 Å². The molecule has 4 rings (SSSR count). The highest BCUT2D eigenvalue weighted by Gasteiger charge is 2.12. The molecule has 0 aliphatic rings. The maximum Gasteiger partial charge on any atom is 0.269 e. The van der Waals surface area contributed by atoms with Crippen molar-refractivity contribution in [3.8, 4) is 11.4 Å². The first-order valence-electron chi connectivity index (χ1n) is 7.01. The number of aromatic nitrogens is 4. The average Bonchev–Trinajstić information content (AvgIpc) is 3.02. The van der Waals surface area contributed by atoms with Gasteiger partial charge in [0.25, 0.3) is 5.56 Å². The second kappa shape index (κ2) is 5.37. The molecule has 6 heteroatoms. The normalized spacial score (nSPS) is 11.0. The number of hydrogen-bond acceptors (Lipinski definition) is 3. The third-order valence-corrected chi connectivity index (χ3v) is 3.85. The fraction of sp³-hybridized carbons (Fsp3) is 0. The van der Waals surface area contributed by atoms with Crippen LogP contribution >= 0.6 is 11.6 Å². The molecule has 23 heavy (non-hydrogen) atoms. The van der Waals surface area contributed by atoms with Gasteiger partial charge >= 0.3 is 0 Å². The van der Waals surface area contributed by atoms with E-state index in [4.69, 9.17) is 11.6 Å². The minimum absolute atomic E-state index is 0.167. The van der Waals surface area contributed by atoms with Gasteiger partial charge in [-0.15, -0.1) is 0 Å². The molecule has 0 atom stereocenters. The van der Waals surface area contributed by atoms with E-state index in [2.05, 4.69) is 10.1 Å². The molecule has 0 unspecified atom stereocenters. The molecular formula is C17H11ClN4O. The van der Waals surface area contributed by atoms with Crippen LogP contribution in [-0.4, -0.2) is 19.3 Å². The van der Waals surface area contributed by atoms with E-state index in [-0.39, 0.29) is 5.56 Å². The predicted octanol–water partition coefficient (Wildman–Crippen LogP) is 3.22. The number of para-hydroxylation sites is 1. The van der Waals surface area contributed by atoms with Gasteiger partial charge in [-0.2, -0.15) is 5.10 Å². The second-order valence-electron chi connectivity index (χ2n) is 5.03. The summed E-state index contributed by atoms with van der Waals surface area (Å²) in [7, 11) is 0. The Kier molecular flexibility index (Phi) is 3.20. The molecule has 0 N–H and O–H groups in total. The van der Waals surface area contributed by atoms with Gasteiger partial charge in [0.15, 0.2) is 5.65 Å². The topological polar surface area (TPSA) is 52.7 Å². The van der Waals surface area contributed by atoms with Crippen molar-refractivity contribution < 1.29 is 0 Å². The zero-order chi connectivity index (χ0) is 15.8. The molecule has 0 spiro atoms. The zero-order valence-electron chi connectivity index (χ0n) is 11.9. The molecule has 0 saturated carbocycles. The molecule has 2 aromatic carbocycles. The summed E-state index contributed by atoms with van der Waals surface area (Å²) in [5.41, 5.74) is 1.94. The summed E-state index contributed by atoms with van der Waals surface area (Å²) in [6, 6.07) is 16.6. The summed E-state index contributed by atoms with van der Waals surface area (Å²) in [6.07, 6.45) is 3.05. The van der Waals surface area contributed by atoms with Gasteiger partial charge in [-0.25, -0.2) is 9.67 Å². The lowest BCUT2D eigenvalue weighted by Crippen LogP contribution is -2.18. The number of fused-ring (bicyclic) bond motifs is 1. The van der Waals surface area contributed by atoms with Gasteiger partial charge in [0.1, 0.15) is 11.7 Å². The Bertz CT molecular complexity index is 1040. The van der Waals surface area contributed by atoms with Crippen molar-refractivity contribution in [2.75, 3.05) is 0 Å². The molecule has 0 amide bonds. The monoisotopic (exact) mass is 322 g/mol. The fourth-order valence-corrected chi connectivity index (χ4v) is 2.58. The highest BCUT2D eigenvalue weighted by molar-refractivity contribution is 6.30. The first-order valence-corrected chi connectivity index (χ1v) is 7.38. The molecule has 0 saturated heterocycles. The third kappa shape index (κ3) is 2.31. The van der Waals surface area contributed by atoms with E-state index < -0.39 is 0 Å². The lowest BCUT2D eigenvalue weighted by molar-refractivity contribution is 0.885. The standard InChI is InChI=1S/C17H11ClN4O/c18-12-6-8-13(9-7-12)21-11-19-16-15(17(21)23)10-20-22(16)14-4-2-1-3-5-14/h1-11H. The van der Waals surface area contributed by atoms with E-state index in [1.165, 1.54) is 10.9 Å². The Morgan fingerprint density at radius 1 is 0.913 bits per heavy atom. The van der Waals surface area contributed by atoms with Crippen molar-refractivity contribution in [3.63, 3.8) is 0 Å². The van der Waals surface area contributed by atoms with Gasteiger partial charge in [0.2, 0.25) is 0 Å². The van der Waals surface area contributed by atoms with E-state index in [1.54, 1.807) is 35.1 Å². The Labute approximate surface area is 136 Å².